The molecule has 0 saturated heterocycles. The molecule has 0 atom stereocenters. The zero-order valence-corrected chi connectivity index (χ0v) is 13.9. The molecule has 1 aromatic heterocycles. The van der Waals surface area contributed by atoms with Crippen molar-refractivity contribution in [2.75, 3.05) is 5.32 Å². The number of carboxylic acid groups (broad SMARTS) is 1. The number of rotatable bonds is 3. The maximum absolute atomic E-state index is 12.3. The third-order valence-corrected chi connectivity index (χ3v) is 3.67. The summed E-state index contributed by atoms with van der Waals surface area (Å²) >= 11 is 0. The molecule has 122 valence electrons. The van der Waals surface area contributed by atoms with Crippen LogP contribution < -0.4 is 5.32 Å². The highest BCUT2D eigenvalue weighted by molar-refractivity contribution is 6.04. The van der Waals surface area contributed by atoms with Crippen LogP contribution in [0.4, 0.5) is 5.69 Å². The fourth-order valence-corrected chi connectivity index (χ4v) is 2.23. The fraction of sp³-hybridized carbons (Fsp3) is 0.353. The molecule has 0 aliphatic heterocycles. The van der Waals surface area contributed by atoms with Crippen molar-refractivity contribution in [1.29, 1.82) is 0 Å². The fourth-order valence-electron chi connectivity index (χ4n) is 2.23. The van der Waals surface area contributed by atoms with Gasteiger partial charge in [0.1, 0.15) is 0 Å². The Morgan fingerprint density at radius 2 is 1.78 bits per heavy atom. The van der Waals surface area contributed by atoms with Gasteiger partial charge < -0.3 is 10.4 Å². The number of aromatic nitrogens is 2. The second-order valence-corrected chi connectivity index (χ2v) is 6.66. The maximum atomic E-state index is 12.3. The van der Waals surface area contributed by atoms with Gasteiger partial charge in [-0.3, -0.25) is 9.89 Å². The largest absolute Gasteiger partial charge is 0.478 e. The van der Waals surface area contributed by atoms with Crippen LogP contribution in [-0.2, 0) is 5.41 Å². The predicted molar refractivity (Wildman–Crippen MR) is 88.1 cm³/mol. The topological polar surface area (TPSA) is 95.1 Å². The van der Waals surface area contributed by atoms with Crippen LogP contribution in [0.2, 0.25) is 0 Å². The summed E-state index contributed by atoms with van der Waals surface area (Å²) < 4.78 is 0. The van der Waals surface area contributed by atoms with Crippen LogP contribution >= 0.6 is 0 Å². The maximum Gasteiger partial charge on any atom is 0.336 e. The van der Waals surface area contributed by atoms with Crippen molar-refractivity contribution in [3.05, 3.63) is 46.3 Å². The van der Waals surface area contributed by atoms with Crippen LogP contribution in [0, 0.1) is 13.8 Å². The predicted octanol–water partition coefficient (Wildman–Crippen LogP) is 3.27. The average Bonchev–Trinajstić information content (AvgIpc) is 2.91. The van der Waals surface area contributed by atoms with Crippen molar-refractivity contribution in [2.45, 2.75) is 40.0 Å². The Morgan fingerprint density at radius 1 is 1.13 bits per heavy atom. The van der Waals surface area contributed by atoms with Gasteiger partial charge in [-0.2, -0.15) is 5.10 Å². The summed E-state index contributed by atoms with van der Waals surface area (Å²) in [5.74, 6) is -1.40. The Balaban J connectivity index is 2.28. The summed E-state index contributed by atoms with van der Waals surface area (Å²) in [5, 5.41) is 18.8. The summed E-state index contributed by atoms with van der Waals surface area (Å²) in [6.07, 6.45) is 0. The number of anilines is 1. The third kappa shape index (κ3) is 3.59. The highest BCUT2D eigenvalue weighted by Gasteiger charge is 2.20. The molecule has 6 nitrogen and oxygen atoms in total. The van der Waals surface area contributed by atoms with Crippen molar-refractivity contribution in [3.8, 4) is 0 Å². The van der Waals surface area contributed by atoms with E-state index in [4.69, 9.17) is 0 Å². The lowest BCUT2D eigenvalue weighted by Crippen LogP contribution is -2.14. The van der Waals surface area contributed by atoms with Crippen molar-refractivity contribution < 1.29 is 14.7 Å². The molecule has 0 bridgehead atoms. The van der Waals surface area contributed by atoms with Crippen LogP contribution in [-0.4, -0.2) is 27.2 Å². The van der Waals surface area contributed by atoms with E-state index in [0.29, 0.717) is 11.3 Å². The van der Waals surface area contributed by atoms with Crippen LogP contribution in [0.15, 0.2) is 18.2 Å². The number of nitrogens with one attached hydrogen (secondary N) is 2. The number of aromatic carboxylic acids is 1. The average molecular weight is 315 g/mol. The first-order chi connectivity index (χ1) is 10.6. The minimum atomic E-state index is -1.02. The van der Waals surface area contributed by atoms with E-state index in [1.165, 1.54) is 6.07 Å². The molecule has 0 aliphatic carbocycles. The molecule has 6 heteroatoms. The highest BCUT2D eigenvalue weighted by Crippen LogP contribution is 2.23. The summed E-state index contributed by atoms with van der Waals surface area (Å²) in [5.41, 5.74) is 3.08. The number of H-pyrrole nitrogens is 1. The van der Waals surface area contributed by atoms with E-state index in [-0.39, 0.29) is 22.6 Å². The number of hydrogen-bond acceptors (Lipinski definition) is 3. The SMILES string of the molecule is Cc1cc(C)c(C(=O)O)cc1NC(=O)c1cc(C(C)(C)C)[nH]n1. The van der Waals surface area contributed by atoms with E-state index in [1.807, 2.05) is 27.7 Å². The second-order valence-electron chi connectivity index (χ2n) is 6.66. The molecule has 0 aliphatic rings. The van der Waals surface area contributed by atoms with E-state index in [1.54, 1.807) is 19.1 Å². The first-order valence-electron chi connectivity index (χ1n) is 7.31. The lowest BCUT2D eigenvalue weighted by Gasteiger charge is -2.14. The molecule has 0 unspecified atom stereocenters. The number of aromatic amines is 1. The Bertz CT molecular complexity index is 770. The van der Waals surface area contributed by atoms with Crippen LogP contribution in [0.3, 0.4) is 0 Å². The lowest BCUT2D eigenvalue weighted by atomic mass is 9.92. The highest BCUT2D eigenvalue weighted by atomic mass is 16.4. The van der Waals surface area contributed by atoms with Gasteiger partial charge in [-0.15, -0.1) is 0 Å². The smallest absolute Gasteiger partial charge is 0.336 e. The lowest BCUT2D eigenvalue weighted by molar-refractivity contribution is 0.0695. The zero-order chi connectivity index (χ0) is 17.4. The number of benzene rings is 1. The van der Waals surface area contributed by atoms with Gasteiger partial charge in [0.2, 0.25) is 0 Å². The van der Waals surface area contributed by atoms with E-state index in [2.05, 4.69) is 15.5 Å². The Hall–Kier alpha value is -2.63. The van der Waals surface area contributed by atoms with Crippen LogP contribution in [0.5, 0.6) is 0 Å². The first-order valence-corrected chi connectivity index (χ1v) is 7.31. The molecule has 1 aromatic carbocycles. The van der Waals surface area contributed by atoms with Gasteiger partial charge in [0.05, 0.1) is 5.56 Å². The zero-order valence-electron chi connectivity index (χ0n) is 13.9. The van der Waals surface area contributed by atoms with Gasteiger partial charge in [-0.05, 0) is 37.1 Å². The molecular weight excluding hydrogens is 294 g/mol. The number of amides is 1. The summed E-state index contributed by atoms with van der Waals surface area (Å²) in [4.78, 5) is 23.6. The number of aryl methyl sites for hydroxylation is 2. The quantitative estimate of drug-likeness (QED) is 0.810. The number of carbonyl (C=O) groups excluding carboxylic acids is 1. The van der Waals surface area contributed by atoms with Gasteiger partial charge in [0.25, 0.3) is 5.91 Å². The number of hydrogen-bond donors (Lipinski definition) is 3. The molecule has 3 N–H and O–H groups in total. The summed E-state index contributed by atoms with van der Waals surface area (Å²) in [7, 11) is 0. The van der Waals surface area contributed by atoms with Crippen molar-refractivity contribution in [3.63, 3.8) is 0 Å². The molecular formula is C17H21N3O3. The third-order valence-electron chi connectivity index (χ3n) is 3.67. The van der Waals surface area contributed by atoms with E-state index in [9.17, 15) is 14.7 Å². The van der Waals surface area contributed by atoms with E-state index < -0.39 is 5.97 Å². The van der Waals surface area contributed by atoms with E-state index in [0.717, 1.165) is 11.3 Å². The molecule has 0 fully saturated rings. The van der Waals surface area contributed by atoms with Gasteiger partial charge in [-0.1, -0.05) is 26.8 Å². The molecule has 0 spiro atoms. The summed E-state index contributed by atoms with van der Waals surface area (Å²) in [6, 6.07) is 4.92. The Morgan fingerprint density at radius 3 is 2.30 bits per heavy atom. The first kappa shape index (κ1) is 16.7. The van der Waals surface area contributed by atoms with Crippen molar-refractivity contribution >= 4 is 17.6 Å². The molecule has 1 heterocycles. The Kier molecular flexibility index (Phi) is 4.27. The van der Waals surface area contributed by atoms with Crippen molar-refractivity contribution in [1.82, 2.24) is 10.2 Å². The monoisotopic (exact) mass is 315 g/mol. The normalized spacial score (nSPS) is 11.3. The number of carboxylic acids is 1. The van der Waals surface area contributed by atoms with Crippen molar-refractivity contribution in [2.24, 2.45) is 0 Å². The standard InChI is InChI=1S/C17H21N3O3/c1-9-6-10(2)12(7-11(9)16(22)23)18-15(21)13-8-14(20-19-13)17(3,4)5/h6-8H,1-5H3,(H,18,21)(H,19,20)(H,22,23). The minimum absolute atomic E-state index is 0.137. The van der Waals surface area contributed by atoms with Gasteiger partial charge in [0.15, 0.2) is 5.69 Å². The van der Waals surface area contributed by atoms with E-state index >= 15 is 0 Å². The number of nitrogens with zero attached hydrogens (tertiary/aromatic N) is 1. The minimum Gasteiger partial charge on any atom is -0.478 e. The Labute approximate surface area is 134 Å². The second kappa shape index (κ2) is 5.87. The summed E-state index contributed by atoms with van der Waals surface area (Å²) in [6.45, 7) is 9.60. The molecule has 2 rings (SSSR count). The molecule has 0 radical (unpaired) electrons. The van der Waals surface area contributed by atoms with Gasteiger partial charge >= 0.3 is 5.97 Å². The molecule has 23 heavy (non-hydrogen) atoms. The van der Waals surface area contributed by atoms with Crippen LogP contribution in [0.1, 0.15) is 58.4 Å². The van der Waals surface area contributed by atoms with Gasteiger partial charge in [-0.25, -0.2) is 4.79 Å². The molecule has 0 saturated carbocycles. The number of carbonyl (C=O) groups is 2. The van der Waals surface area contributed by atoms with Crippen LogP contribution in [0.25, 0.3) is 0 Å². The van der Waals surface area contributed by atoms with Gasteiger partial charge in [0, 0.05) is 16.8 Å². The molecule has 2 aromatic rings. The molecule has 1 amide bonds.